The molecule has 4 nitrogen and oxygen atoms in total. The van der Waals surface area contributed by atoms with Crippen LogP contribution in [0.4, 0.5) is 13.8 Å². The highest BCUT2D eigenvalue weighted by atomic mass is 32.1. The Morgan fingerprint density at radius 2 is 2.22 bits per heavy atom. The zero-order chi connectivity index (χ0) is 13.0. The van der Waals surface area contributed by atoms with Gasteiger partial charge < -0.3 is 5.32 Å². The van der Waals surface area contributed by atoms with E-state index in [2.05, 4.69) is 14.9 Å². The Kier molecular flexibility index (Phi) is 3.93. The second-order valence-corrected chi connectivity index (χ2v) is 4.35. The van der Waals surface area contributed by atoms with E-state index < -0.39 is 11.6 Å². The van der Waals surface area contributed by atoms with Crippen LogP contribution in [0.15, 0.2) is 24.4 Å². The first kappa shape index (κ1) is 12.6. The summed E-state index contributed by atoms with van der Waals surface area (Å²) in [4.78, 5) is 11.5. The second kappa shape index (κ2) is 5.63. The van der Waals surface area contributed by atoms with E-state index >= 15 is 0 Å². The van der Waals surface area contributed by atoms with Gasteiger partial charge in [-0.25, -0.2) is 8.78 Å². The molecule has 18 heavy (non-hydrogen) atoms. The van der Waals surface area contributed by atoms with Crippen LogP contribution in [0.25, 0.3) is 0 Å². The minimum absolute atomic E-state index is 0.112. The molecular weight excluding hydrogens is 260 g/mol. The summed E-state index contributed by atoms with van der Waals surface area (Å²) in [5.74, 6) is -1.52. The van der Waals surface area contributed by atoms with Gasteiger partial charge in [0.2, 0.25) is 5.91 Å². The third-order valence-electron chi connectivity index (χ3n) is 2.26. The maximum Gasteiger partial charge on any atom is 0.225 e. The van der Waals surface area contributed by atoms with Gasteiger partial charge >= 0.3 is 0 Å². The maximum absolute atomic E-state index is 13.3. The van der Waals surface area contributed by atoms with Crippen LogP contribution in [0.5, 0.6) is 0 Å². The first-order valence-electron chi connectivity index (χ1n) is 5.16. The molecule has 0 aliphatic heterocycles. The number of benzene rings is 1. The number of nitrogens with zero attached hydrogens (tertiary/aromatic N) is 2. The Hall–Kier alpha value is -1.89. The van der Waals surface area contributed by atoms with Crippen LogP contribution in [-0.4, -0.2) is 15.5 Å². The van der Waals surface area contributed by atoms with Gasteiger partial charge in [0.1, 0.15) is 16.6 Å². The van der Waals surface area contributed by atoms with Crippen LogP contribution >= 0.6 is 11.5 Å². The number of carbonyl (C=O) groups is 1. The van der Waals surface area contributed by atoms with Crippen LogP contribution in [-0.2, 0) is 11.2 Å². The molecule has 2 rings (SSSR count). The van der Waals surface area contributed by atoms with E-state index in [0.717, 1.165) is 17.6 Å². The molecule has 0 spiro atoms. The SMILES string of the molecule is O=C(CCc1ccc(F)cc1F)Nc1cnns1. The van der Waals surface area contributed by atoms with Crippen molar-refractivity contribution in [1.29, 1.82) is 0 Å². The summed E-state index contributed by atoms with van der Waals surface area (Å²) in [6, 6.07) is 3.32. The van der Waals surface area contributed by atoms with Crippen LogP contribution in [0, 0.1) is 11.6 Å². The van der Waals surface area contributed by atoms with E-state index in [1.54, 1.807) is 0 Å². The summed E-state index contributed by atoms with van der Waals surface area (Å²) in [5, 5.41) is 6.69. The van der Waals surface area contributed by atoms with Gasteiger partial charge in [-0.1, -0.05) is 10.6 Å². The Balaban J connectivity index is 1.89. The van der Waals surface area contributed by atoms with Crippen LogP contribution in [0.3, 0.4) is 0 Å². The van der Waals surface area contributed by atoms with E-state index in [1.165, 1.54) is 18.3 Å². The average molecular weight is 269 g/mol. The zero-order valence-corrected chi connectivity index (χ0v) is 10.0. The van der Waals surface area contributed by atoms with Gasteiger partial charge in [-0.2, -0.15) is 0 Å². The average Bonchev–Trinajstić information content (AvgIpc) is 2.80. The molecule has 1 amide bonds. The molecule has 0 saturated carbocycles. The van der Waals surface area contributed by atoms with E-state index in [4.69, 9.17) is 0 Å². The fraction of sp³-hybridized carbons (Fsp3) is 0.182. The lowest BCUT2D eigenvalue weighted by Gasteiger charge is -2.03. The molecule has 0 radical (unpaired) electrons. The molecule has 1 aromatic heterocycles. The number of halogens is 2. The lowest BCUT2D eigenvalue weighted by atomic mass is 10.1. The van der Waals surface area contributed by atoms with E-state index in [0.29, 0.717) is 10.6 Å². The number of hydrogen-bond donors (Lipinski definition) is 1. The summed E-state index contributed by atoms with van der Waals surface area (Å²) in [5.41, 5.74) is 0.314. The summed E-state index contributed by atoms with van der Waals surface area (Å²) in [7, 11) is 0. The molecule has 0 saturated heterocycles. The number of aryl methyl sites for hydroxylation is 1. The third-order valence-corrected chi connectivity index (χ3v) is 2.84. The smallest absolute Gasteiger partial charge is 0.225 e. The Labute approximate surface area is 106 Å². The van der Waals surface area contributed by atoms with Gasteiger partial charge in [0, 0.05) is 24.0 Å². The van der Waals surface area contributed by atoms with Gasteiger partial charge in [-0.15, -0.1) is 5.10 Å². The maximum atomic E-state index is 13.3. The predicted molar refractivity (Wildman–Crippen MR) is 63.2 cm³/mol. The summed E-state index contributed by atoms with van der Waals surface area (Å²) >= 11 is 1.06. The number of carbonyl (C=O) groups excluding carboxylic acids is 1. The molecule has 0 atom stereocenters. The standard InChI is InChI=1S/C11H9F2N3OS/c12-8-3-1-7(9(13)5-8)2-4-10(17)15-11-6-14-16-18-11/h1,3,5-6H,2,4H2,(H,15,17). The van der Waals surface area contributed by atoms with Crippen molar-refractivity contribution in [2.45, 2.75) is 12.8 Å². The lowest BCUT2D eigenvalue weighted by Crippen LogP contribution is -2.11. The molecule has 1 aromatic carbocycles. The fourth-order valence-corrected chi connectivity index (χ4v) is 1.83. The minimum Gasteiger partial charge on any atom is -0.315 e. The van der Waals surface area contributed by atoms with Gasteiger partial charge in [0.25, 0.3) is 0 Å². The molecule has 0 aliphatic rings. The Morgan fingerprint density at radius 1 is 1.39 bits per heavy atom. The number of amides is 1. The van der Waals surface area contributed by atoms with E-state index in [1.807, 2.05) is 0 Å². The van der Waals surface area contributed by atoms with Crippen molar-refractivity contribution in [3.63, 3.8) is 0 Å². The normalized spacial score (nSPS) is 10.3. The highest BCUT2D eigenvalue weighted by molar-refractivity contribution is 7.10. The molecule has 0 unspecified atom stereocenters. The number of nitrogens with one attached hydrogen (secondary N) is 1. The molecular formula is C11H9F2N3OS. The van der Waals surface area contributed by atoms with E-state index in [-0.39, 0.29) is 18.7 Å². The van der Waals surface area contributed by atoms with Crippen molar-refractivity contribution in [3.8, 4) is 0 Å². The fourth-order valence-electron chi connectivity index (χ4n) is 1.39. The molecule has 7 heteroatoms. The summed E-state index contributed by atoms with van der Waals surface area (Å²) in [6.07, 6.45) is 1.76. The highest BCUT2D eigenvalue weighted by Gasteiger charge is 2.08. The minimum atomic E-state index is -0.637. The van der Waals surface area contributed by atoms with Gasteiger partial charge in [-0.3, -0.25) is 4.79 Å². The van der Waals surface area contributed by atoms with Crippen LogP contribution in [0.1, 0.15) is 12.0 Å². The molecule has 0 aliphatic carbocycles. The van der Waals surface area contributed by atoms with E-state index in [9.17, 15) is 13.6 Å². The van der Waals surface area contributed by atoms with Crippen molar-refractivity contribution in [1.82, 2.24) is 9.59 Å². The molecule has 1 heterocycles. The van der Waals surface area contributed by atoms with Crippen LogP contribution < -0.4 is 5.32 Å². The number of aromatic nitrogens is 2. The molecule has 0 fully saturated rings. The summed E-state index contributed by atoms with van der Waals surface area (Å²) < 4.78 is 29.5. The van der Waals surface area contributed by atoms with Crippen molar-refractivity contribution < 1.29 is 13.6 Å². The quantitative estimate of drug-likeness (QED) is 0.927. The number of rotatable bonds is 4. The van der Waals surface area contributed by atoms with Crippen molar-refractivity contribution in [2.24, 2.45) is 0 Å². The number of anilines is 1. The second-order valence-electron chi connectivity index (χ2n) is 3.57. The first-order valence-corrected chi connectivity index (χ1v) is 5.93. The molecule has 94 valence electrons. The largest absolute Gasteiger partial charge is 0.315 e. The Morgan fingerprint density at radius 3 is 2.89 bits per heavy atom. The summed E-state index contributed by atoms with van der Waals surface area (Å²) in [6.45, 7) is 0. The first-order chi connectivity index (χ1) is 8.65. The zero-order valence-electron chi connectivity index (χ0n) is 9.19. The van der Waals surface area contributed by atoms with Crippen molar-refractivity contribution >= 4 is 22.4 Å². The van der Waals surface area contributed by atoms with Gasteiger partial charge in [-0.05, 0) is 18.1 Å². The number of hydrogen-bond acceptors (Lipinski definition) is 4. The van der Waals surface area contributed by atoms with Crippen LogP contribution in [0.2, 0.25) is 0 Å². The van der Waals surface area contributed by atoms with Gasteiger partial charge in [0.15, 0.2) is 0 Å². The molecule has 0 bridgehead atoms. The highest BCUT2D eigenvalue weighted by Crippen LogP contribution is 2.13. The Bertz CT molecular complexity index is 545. The molecule has 1 N–H and O–H groups in total. The monoisotopic (exact) mass is 269 g/mol. The lowest BCUT2D eigenvalue weighted by molar-refractivity contribution is -0.116. The predicted octanol–water partition coefficient (Wildman–Crippen LogP) is 2.39. The topological polar surface area (TPSA) is 54.9 Å². The van der Waals surface area contributed by atoms with Crippen molar-refractivity contribution in [2.75, 3.05) is 5.32 Å². The van der Waals surface area contributed by atoms with Crippen molar-refractivity contribution in [3.05, 3.63) is 41.6 Å². The molecule has 2 aromatic rings. The van der Waals surface area contributed by atoms with Gasteiger partial charge in [0.05, 0.1) is 6.20 Å². The third kappa shape index (κ3) is 3.30.